The van der Waals surface area contributed by atoms with Crippen LogP contribution in [0, 0.1) is 19.8 Å². The standard InChI is InChI=1S/C28H34N4O4S/c1-17(2)13-22-16-36-25-15-24(26-19(5)9-7-10-20(26)6)29-28(30-25)31-37(34,35)23-12-8-11-21(14-23)27(33)32(22)18(3)4/h7-12,14-15,17-18,22H,13,16H2,1-6H3,(H,29,30,31)/t22-/m1/s1. The van der Waals surface area contributed by atoms with Crippen molar-refractivity contribution < 1.29 is 17.9 Å². The molecule has 1 aromatic heterocycles. The number of benzene rings is 2. The molecule has 9 heteroatoms. The van der Waals surface area contributed by atoms with Gasteiger partial charge in [-0.25, -0.2) is 18.1 Å². The van der Waals surface area contributed by atoms with Gasteiger partial charge in [-0.3, -0.25) is 4.79 Å². The second-order valence-corrected chi connectivity index (χ2v) is 11.9. The lowest BCUT2D eigenvalue weighted by molar-refractivity contribution is 0.0487. The Balaban J connectivity index is 1.92. The molecule has 3 aromatic rings. The first-order valence-corrected chi connectivity index (χ1v) is 14.0. The summed E-state index contributed by atoms with van der Waals surface area (Å²) >= 11 is 0. The van der Waals surface area contributed by atoms with Gasteiger partial charge in [0.15, 0.2) is 0 Å². The van der Waals surface area contributed by atoms with E-state index in [0.717, 1.165) is 16.7 Å². The third kappa shape index (κ3) is 5.77. The summed E-state index contributed by atoms with van der Waals surface area (Å²) in [5, 5.41) is 0. The minimum atomic E-state index is -4.07. The number of carbonyl (C=O) groups is 1. The van der Waals surface area contributed by atoms with Gasteiger partial charge in [0.1, 0.15) is 6.61 Å². The van der Waals surface area contributed by atoms with E-state index in [2.05, 4.69) is 28.5 Å². The number of aryl methyl sites for hydroxylation is 2. The third-order valence-corrected chi connectivity index (χ3v) is 7.73. The maximum Gasteiger partial charge on any atom is 0.264 e. The molecule has 0 spiro atoms. The number of sulfonamides is 1. The fraction of sp³-hybridized carbons (Fsp3) is 0.393. The van der Waals surface area contributed by atoms with Crippen LogP contribution in [0.4, 0.5) is 5.95 Å². The maximum absolute atomic E-state index is 13.7. The zero-order valence-corrected chi connectivity index (χ0v) is 23.0. The van der Waals surface area contributed by atoms with Crippen molar-refractivity contribution >= 4 is 21.9 Å². The molecule has 0 fully saturated rings. The first-order chi connectivity index (χ1) is 17.5. The first-order valence-electron chi connectivity index (χ1n) is 12.5. The summed E-state index contributed by atoms with van der Waals surface area (Å²) in [4.78, 5) is 24.4. The lowest BCUT2D eigenvalue weighted by Crippen LogP contribution is -2.48. The summed E-state index contributed by atoms with van der Waals surface area (Å²) < 4.78 is 35.3. The summed E-state index contributed by atoms with van der Waals surface area (Å²) in [6, 6.07) is 13.3. The number of carbonyl (C=O) groups excluding carboxylic acids is 1. The molecule has 0 saturated heterocycles. The Hall–Kier alpha value is -3.46. The number of aromatic nitrogens is 2. The van der Waals surface area contributed by atoms with Crippen molar-refractivity contribution in [2.24, 2.45) is 5.92 Å². The Morgan fingerprint density at radius 1 is 1.03 bits per heavy atom. The first kappa shape index (κ1) is 26.6. The van der Waals surface area contributed by atoms with Crippen molar-refractivity contribution in [1.82, 2.24) is 14.9 Å². The summed E-state index contributed by atoms with van der Waals surface area (Å²) in [5.41, 5.74) is 3.74. The van der Waals surface area contributed by atoms with Gasteiger partial charge in [0.2, 0.25) is 11.8 Å². The van der Waals surface area contributed by atoms with Crippen LogP contribution in [0.1, 0.15) is 55.6 Å². The Bertz CT molecular complexity index is 1400. The van der Waals surface area contributed by atoms with Crippen LogP contribution in [0.15, 0.2) is 53.4 Å². The molecule has 0 radical (unpaired) electrons. The minimum Gasteiger partial charge on any atom is -0.475 e. The molecule has 1 N–H and O–H groups in total. The monoisotopic (exact) mass is 522 g/mol. The zero-order chi connectivity index (χ0) is 26.9. The molecule has 1 atom stereocenters. The molecule has 8 nitrogen and oxygen atoms in total. The number of fused-ring (bicyclic) bond motifs is 4. The second kappa shape index (κ2) is 10.5. The van der Waals surface area contributed by atoms with Gasteiger partial charge in [-0.2, -0.15) is 4.98 Å². The molecule has 1 aliphatic rings. The van der Waals surface area contributed by atoms with Crippen molar-refractivity contribution in [2.75, 3.05) is 11.3 Å². The van der Waals surface area contributed by atoms with Crippen molar-refractivity contribution in [3.63, 3.8) is 0 Å². The minimum absolute atomic E-state index is 0.0368. The van der Waals surface area contributed by atoms with Crippen molar-refractivity contribution in [1.29, 1.82) is 0 Å². The predicted octanol–water partition coefficient (Wildman–Crippen LogP) is 5.22. The smallest absolute Gasteiger partial charge is 0.264 e. The lowest BCUT2D eigenvalue weighted by Gasteiger charge is -2.36. The van der Waals surface area contributed by atoms with Crippen LogP contribution >= 0.6 is 0 Å². The van der Waals surface area contributed by atoms with Crippen LogP contribution in [0.3, 0.4) is 0 Å². The van der Waals surface area contributed by atoms with Gasteiger partial charge in [-0.05, 0) is 69.4 Å². The van der Waals surface area contributed by atoms with Crippen molar-refractivity contribution in [3.8, 4) is 17.1 Å². The maximum atomic E-state index is 13.7. The fourth-order valence-electron chi connectivity index (χ4n) is 4.83. The van der Waals surface area contributed by atoms with Crippen molar-refractivity contribution in [2.45, 2.75) is 64.9 Å². The van der Waals surface area contributed by atoms with Crippen LogP contribution in [-0.2, 0) is 10.0 Å². The summed E-state index contributed by atoms with van der Waals surface area (Å²) in [6.07, 6.45) is 0.710. The van der Waals surface area contributed by atoms with Crippen LogP contribution in [-0.4, -0.2) is 47.9 Å². The molecular weight excluding hydrogens is 488 g/mol. The van der Waals surface area contributed by atoms with Gasteiger partial charge in [-0.15, -0.1) is 0 Å². The third-order valence-electron chi connectivity index (χ3n) is 6.41. The number of nitrogens with zero attached hydrogens (tertiary/aromatic N) is 3. The number of ether oxygens (including phenoxy) is 1. The number of nitrogens with one attached hydrogen (secondary N) is 1. The Morgan fingerprint density at radius 2 is 1.70 bits per heavy atom. The number of anilines is 1. The van der Waals surface area contributed by atoms with E-state index in [-0.39, 0.29) is 41.3 Å². The highest BCUT2D eigenvalue weighted by Crippen LogP contribution is 2.30. The summed E-state index contributed by atoms with van der Waals surface area (Å²) in [5.74, 6) is 0.209. The van der Waals surface area contributed by atoms with Crippen LogP contribution < -0.4 is 9.46 Å². The largest absolute Gasteiger partial charge is 0.475 e. The predicted molar refractivity (Wildman–Crippen MR) is 144 cm³/mol. The molecule has 0 aliphatic carbocycles. The molecule has 1 amide bonds. The van der Waals surface area contributed by atoms with Gasteiger partial charge in [-0.1, -0.05) is 38.1 Å². The number of hydrogen-bond acceptors (Lipinski definition) is 6. The van der Waals surface area contributed by atoms with Crippen LogP contribution in [0.25, 0.3) is 11.3 Å². The average molecular weight is 523 g/mol. The van der Waals surface area contributed by atoms with Gasteiger partial charge in [0, 0.05) is 23.2 Å². The molecule has 2 heterocycles. The summed E-state index contributed by atoms with van der Waals surface area (Å²) in [6.45, 7) is 12.3. The van der Waals surface area contributed by atoms with E-state index in [1.54, 1.807) is 23.1 Å². The van der Waals surface area contributed by atoms with Gasteiger partial charge >= 0.3 is 0 Å². The van der Waals surface area contributed by atoms with E-state index in [1.165, 1.54) is 12.1 Å². The Morgan fingerprint density at radius 3 is 2.35 bits per heavy atom. The molecule has 1 aliphatic heterocycles. The molecule has 0 unspecified atom stereocenters. The highest BCUT2D eigenvalue weighted by atomic mass is 32.2. The number of rotatable bonds is 4. The molecule has 37 heavy (non-hydrogen) atoms. The Labute approximate surface area is 219 Å². The molecule has 4 bridgehead atoms. The Kier molecular flexibility index (Phi) is 7.54. The molecule has 4 rings (SSSR count). The van der Waals surface area contributed by atoms with Crippen LogP contribution in [0.5, 0.6) is 5.88 Å². The van der Waals surface area contributed by atoms with Gasteiger partial charge in [0.25, 0.3) is 15.9 Å². The molecule has 2 aromatic carbocycles. The van der Waals surface area contributed by atoms with E-state index in [0.29, 0.717) is 23.6 Å². The molecule has 196 valence electrons. The van der Waals surface area contributed by atoms with E-state index < -0.39 is 10.0 Å². The van der Waals surface area contributed by atoms with E-state index in [4.69, 9.17) is 4.74 Å². The second-order valence-electron chi connectivity index (χ2n) is 10.2. The lowest BCUT2D eigenvalue weighted by atomic mass is 10.00. The van der Waals surface area contributed by atoms with Crippen LogP contribution in [0.2, 0.25) is 0 Å². The number of hydrogen-bond donors (Lipinski definition) is 1. The normalized spacial score (nSPS) is 17.5. The summed E-state index contributed by atoms with van der Waals surface area (Å²) in [7, 11) is -4.07. The van der Waals surface area contributed by atoms with E-state index in [9.17, 15) is 13.2 Å². The fourth-order valence-corrected chi connectivity index (χ4v) is 5.81. The topological polar surface area (TPSA) is 101 Å². The highest BCUT2D eigenvalue weighted by molar-refractivity contribution is 7.92. The average Bonchev–Trinajstić information content (AvgIpc) is 2.81. The molecule has 0 saturated carbocycles. The van der Waals surface area contributed by atoms with Gasteiger partial charge < -0.3 is 9.64 Å². The number of amides is 1. The molecular formula is C28H34N4O4S. The van der Waals surface area contributed by atoms with Crippen molar-refractivity contribution in [3.05, 3.63) is 65.2 Å². The van der Waals surface area contributed by atoms with Gasteiger partial charge in [0.05, 0.1) is 16.6 Å². The zero-order valence-electron chi connectivity index (χ0n) is 22.1. The van der Waals surface area contributed by atoms with E-state index >= 15 is 0 Å². The highest BCUT2D eigenvalue weighted by Gasteiger charge is 2.30. The SMILES string of the molecule is Cc1cccc(C)c1-c1cc2nc(n1)NS(=O)(=O)c1cccc(c1)C(=O)N(C(C)C)[C@H](CC(C)C)CO2. The quantitative estimate of drug-likeness (QED) is 0.504. The van der Waals surface area contributed by atoms with E-state index in [1.807, 2.05) is 45.9 Å².